The van der Waals surface area contributed by atoms with Gasteiger partial charge in [-0.05, 0) is 37.1 Å². The molecule has 1 aliphatic rings. The highest BCUT2D eigenvalue weighted by Gasteiger charge is 2.21. The molecule has 1 fully saturated rings. The van der Waals surface area contributed by atoms with Gasteiger partial charge in [-0.2, -0.15) is 5.10 Å². The van der Waals surface area contributed by atoms with E-state index in [0.717, 1.165) is 45.7 Å². The molecule has 124 valence electrons. The van der Waals surface area contributed by atoms with Gasteiger partial charge in [-0.1, -0.05) is 12.1 Å². The summed E-state index contributed by atoms with van der Waals surface area (Å²) >= 11 is 0. The first kappa shape index (κ1) is 16.0. The molecule has 0 unspecified atom stereocenters. The zero-order valence-electron chi connectivity index (χ0n) is 13.8. The average molecular weight is 314 g/mol. The van der Waals surface area contributed by atoms with Crippen LogP contribution in [0.25, 0.3) is 0 Å². The molecule has 0 bridgehead atoms. The predicted octanol–water partition coefficient (Wildman–Crippen LogP) is 2.19. The molecule has 1 saturated heterocycles. The van der Waals surface area contributed by atoms with Gasteiger partial charge in [0.15, 0.2) is 0 Å². The molecule has 0 spiro atoms. The Morgan fingerprint density at radius 2 is 2.00 bits per heavy atom. The maximum Gasteiger partial charge on any atom is 0.115 e. The minimum atomic E-state index is 0.355. The molecule has 3 rings (SSSR count). The lowest BCUT2D eigenvalue weighted by atomic mass is 10.1. The Kier molecular flexibility index (Phi) is 5.31. The van der Waals surface area contributed by atoms with Crippen molar-refractivity contribution in [1.29, 1.82) is 0 Å². The minimum Gasteiger partial charge on any atom is -0.508 e. The highest BCUT2D eigenvalue weighted by Crippen LogP contribution is 2.15. The number of benzene rings is 1. The molecule has 0 saturated carbocycles. The standard InChI is InChI=1S/C18H26N4O/c1-16(6-9-22-8-3-7-19-22)21-12-10-20(11-13-21)15-17-4-2-5-18(23)14-17/h2-5,7-8,14,16,23H,6,9-13,15H2,1H3/t16-/m1/s1. The summed E-state index contributed by atoms with van der Waals surface area (Å²) in [6.07, 6.45) is 5.00. The van der Waals surface area contributed by atoms with E-state index in [2.05, 4.69) is 27.9 Å². The number of aromatic nitrogens is 2. The van der Waals surface area contributed by atoms with Crippen LogP contribution < -0.4 is 0 Å². The zero-order chi connectivity index (χ0) is 16.1. The molecule has 0 radical (unpaired) electrons. The molecule has 1 aromatic heterocycles. The molecule has 5 nitrogen and oxygen atoms in total. The van der Waals surface area contributed by atoms with E-state index < -0.39 is 0 Å². The Labute approximate surface area is 138 Å². The number of nitrogens with zero attached hydrogens (tertiary/aromatic N) is 4. The quantitative estimate of drug-likeness (QED) is 0.888. The highest BCUT2D eigenvalue weighted by atomic mass is 16.3. The molecule has 2 aromatic rings. The Morgan fingerprint density at radius 3 is 2.70 bits per heavy atom. The van der Waals surface area contributed by atoms with Crippen molar-refractivity contribution in [2.24, 2.45) is 0 Å². The third-order valence-corrected chi connectivity index (χ3v) is 4.68. The molecule has 1 aromatic carbocycles. The van der Waals surface area contributed by atoms with Crippen LogP contribution in [0.15, 0.2) is 42.7 Å². The van der Waals surface area contributed by atoms with Crippen LogP contribution in [0.5, 0.6) is 5.75 Å². The van der Waals surface area contributed by atoms with Crippen LogP contribution in [0, 0.1) is 0 Å². The second-order valence-electron chi connectivity index (χ2n) is 6.39. The van der Waals surface area contributed by atoms with Crippen molar-refractivity contribution in [1.82, 2.24) is 19.6 Å². The van der Waals surface area contributed by atoms with E-state index in [0.29, 0.717) is 11.8 Å². The molecular formula is C18H26N4O. The molecule has 5 heteroatoms. The number of hydrogen-bond donors (Lipinski definition) is 1. The summed E-state index contributed by atoms with van der Waals surface area (Å²) in [6, 6.07) is 10.1. The maximum absolute atomic E-state index is 9.56. The van der Waals surface area contributed by atoms with E-state index in [4.69, 9.17) is 0 Å². The van der Waals surface area contributed by atoms with E-state index in [-0.39, 0.29) is 0 Å². The molecule has 1 aliphatic heterocycles. The van der Waals surface area contributed by atoms with Crippen LogP contribution in [-0.4, -0.2) is 56.9 Å². The minimum absolute atomic E-state index is 0.355. The molecule has 0 aliphatic carbocycles. The molecule has 1 N–H and O–H groups in total. The smallest absolute Gasteiger partial charge is 0.115 e. The topological polar surface area (TPSA) is 44.5 Å². The van der Waals surface area contributed by atoms with Crippen molar-refractivity contribution in [2.45, 2.75) is 32.5 Å². The van der Waals surface area contributed by atoms with Crippen LogP contribution in [0.1, 0.15) is 18.9 Å². The van der Waals surface area contributed by atoms with Gasteiger partial charge in [-0.25, -0.2) is 0 Å². The second kappa shape index (κ2) is 7.62. The molecule has 0 amide bonds. The van der Waals surface area contributed by atoms with Crippen molar-refractivity contribution in [3.8, 4) is 5.75 Å². The van der Waals surface area contributed by atoms with Gasteiger partial charge in [0, 0.05) is 57.7 Å². The lowest BCUT2D eigenvalue weighted by Crippen LogP contribution is -2.49. The van der Waals surface area contributed by atoms with E-state index in [9.17, 15) is 5.11 Å². The lowest BCUT2D eigenvalue weighted by Gasteiger charge is -2.38. The van der Waals surface area contributed by atoms with Crippen molar-refractivity contribution in [3.63, 3.8) is 0 Å². The van der Waals surface area contributed by atoms with E-state index in [1.54, 1.807) is 6.07 Å². The molecule has 1 atom stereocenters. The highest BCUT2D eigenvalue weighted by molar-refractivity contribution is 5.27. The summed E-state index contributed by atoms with van der Waals surface area (Å²) in [5, 5.41) is 13.8. The third kappa shape index (κ3) is 4.56. The van der Waals surface area contributed by atoms with Crippen molar-refractivity contribution < 1.29 is 5.11 Å². The number of phenolic OH excluding ortho intramolecular Hbond substituents is 1. The summed E-state index contributed by atoms with van der Waals surface area (Å²) in [5.41, 5.74) is 1.19. The maximum atomic E-state index is 9.56. The second-order valence-corrected chi connectivity index (χ2v) is 6.39. The number of aromatic hydroxyl groups is 1. The monoisotopic (exact) mass is 314 g/mol. The van der Waals surface area contributed by atoms with Gasteiger partial charge in [0.25, 0.3) is 0 Å². The van der Waals surface area contributed by atoms with Crippen LogP contribution in [-0.2, 0) is 13.1 Å². The number of rotatable bonds is 6. The van der Waals surface area contributed by atoms with Gasteiger partial charge in [0.1, 0.15) is 5.75 Å². The van der Waals surface area contributed by atoms with E-state index in [1.807, 2.05) is 35.3 Å². The summed E-state index contributed by atoms with van der Waals surface area (Å²) in [6.45, 7) is 8.61. The van der Waals surface area contributed by atoms with Crippen LogP contribution in [0.2, 0.25) is 0 Å². The first-order chi connectivity index (χ1) is 11.2. The van der Waals surface area contributed by atoms with E-state index >= 15 is 0 Å². The molecule has 23 heavy (non-hydrogen) atoms. The van der Waals surface area contributed by atoms with Gasteiger partial charge >= 0.3 is 0 Å². The fourth-order valence-corrected chi connectivity index (χ4v) is 3.21. The summed E-state index contributed by atoms with van der Waals surface area (Å²) in [7, 11) is 0. The Bertz CT molecular complexity index is 591. The fourth-order valence-electron chi connectivity index (χ4n) is 3.21. The number of phenols is 1. The Balaban J connectivity index is 1.42. The van der Waals surface area contributed by atoms with Crippen LogP contribution in [0.3, 0.4) is 0 Å². The normalized spacial score (nSPS) is 18.1. The Hall–Kier alpha value is -1.85. The van der Waals surface area contributed by atoms with Crippen molar-refractivity contribution in [3.05, 3.63) is 48.3 Å². The first-order valence-electron chi connectivity index (χ1n) is 8.42. The van der Waals surface area contributed by atoms with Gasteiger partial charge in [-0.15, -0.1) is 0 Å². The largest absolute Gasteiger partial charge is 0.508 e. The number of piperazine rings is 1. The first-order valence-corrected chi connectivity index (χ1v) is 8.42. The van der Waals surface area contributed by atoms with Gasteiger partial charge in [0.05, 0.1) is 0 Å². The third-order valence-electron chi connectivity index (χ3n) is 4.68. The van der Waals surface area contributed by atoms with Gasteiger partial charge in [-0.3, -0.25) is 14.5 Å². The predicted molar refractivity (Wildman–Crippen MR) is 91.3 cm³/mol. The van der Waals surface area contributed by atoms with Crippen molar-refractivity contribution in [2.75, 3.05) is 26.2 Å². The van der Waals surface area contributed by atoms with Crippen LogP contribution >= 0.6 is 0 Å². The fraction of sp³-hybridized carbons (Fsp3) is 0.500. The summed E-state index contributed by atoms with van der Waals surface area (Å²) in [4.78, 5) is 5.04. The Morgan fingerprint density at radius 1 is 1.17 bits per heavy atom. The van der Waals surface area contributed by atoms with Gasteiger partial charge < -0.3 is 5.11 Å². The molecule has 2 heterocycles. The average Bonchev–Trinajstić information content (AvgIpc) is 3.07. The zero-order valence-corrected chi connectivity index (χ0v) is 13.8. The lowest BCUT2D eigenvalue weighted by molar-refractivity contribution is 0.0924. The molecular weight excluding hydrogens is 288 g/mol. The van der Waals surface area contributed by atoms with E-state index in [1.165, 1.54) is 5.56 Å². The SMILES string of the molecule is C[C@H](CCn1cccn1)N1CCN(Cc2cccc(O)c2)CC1. The summed E-state index contributed by atoms with van der Waals surface area (Å²) in [5.74, 6) is 0.355. The number of hydrogen-bond acceptors (Lipinski definition) is 4. The number of aryl methyl sites for hydroxylation is 1. The van der Waals surface area contributed by atoms with Crippen molar-refractivity contribution >= 4 is 0 Å². The summed E-state index contributed by atoms with van der Waals surface area (Å²) < 4.78 is 2.01. The van der Waals surface area contributed by atoms with Crippen LogP contribution in [0.4, 0.5) is 0 Å². The van der Waals surface area contributed by atoms with Gasteiger partial charge in [0.2, 0.25) is 0 Å².